The lowest BCUT2D eigenvalue weighted by molar-refractivity contribution is 0.102. The van der Waals surface area contributed by atoms with Crippen LogP contribution in [0.15, 0.2) is 28.6 Å². The molecule has 0 aliphatic heterocycles. The van der Waals surface area contributed by atoms with Gasteiger partial charge in [-0.05, 0) is 31.4 Å². The number of rotatable bonds is 5. The van der Waals surface area contributed by atoms with Crippen molar-refractivity contribution in [3.8, 4) is 0 Å². The monoisotopic (exact) mass is 408 g/mol. The number of nitrogens with one attached hydrogen (secondary N) is 2. The van der Waals surface area contributed by atoms with Gasteiger partial charge in [-0.2, -0.15) is 0 Å². The summed E-state index contributed by atoms with van der Waals surface area (Å²) in [4.78, 5) is 12.3. The minimum Gasteiger partial charge on any atom is -0.296 e. The number of hydrogen-bond acceptors (Lipinski definition) is 6. The summed E-state index contributed by atoms with van der Waals surface area (Å²) in [5.74, 6) is -0.332. The van der Waals surface area contributed by atoms with Gasteiger partial charge in [-0.1, -0.05) is 61.6 Å². The van der Waals surface area contributed by atoms with Gasteiger partial charge in [0.15, 0.2) is 0 Å². The van der Waals surface area contributed by atoms with Gasteiger partial charge in [-0.25, -0.2) is 13.1 Å². The number of aryl methyl sites for hydroxylation is 1. The summed E-state index contributed by atoms with van der Waals surface area (Å²) >= 11 is 0.862. The molecule has 3 rings (SSSR count). The van der Waals surface area contributed by atoms with Gasteiger partial charge in [-0.3, -0.25) is 10.1 Å². The number of benzene rings is 1. The molecule has 2 N–H and O–H groups in total. The number of sulfonamides is 1. The molecule has 27 heavy (non-hydrogen) atoms. The van der Waals surface area contributed by atoms with Crippen LogP contribution in [-0.2, 0) is 10.0 Å². The van der Waals surface area contributed by atoms with Crippen molar-refractivity contribution in [3.63, 3.8) is 0 Å². The van der Waals surface area contributed by atoms with Gasteiger partial charge < -0.3 is 0 Å². The lowest BCUT2D eigenvalue weighted by Gasteiger charge is -2.19. The average Bonchev–Trinajstić information content (AvgIpc) is 3.07. The zero-order valence-electron chi connectivity index (χ0n) is 15.3. The molecule has 1 aromatic heterocycles. The molecule has 9 heteroatoms. The van der Waals surface area contributed by atoms with Crippen LogP contribution < -0.4 is 10.0 Å². The third-order valence-electron chi connectivity index (χ3n) is 4.67. The predicted molar refractivity (Wildman–Crippen MR) is 105 cm³/mol. The van der Waals surface area contributed by atoms with Crippen molar-refractivity contribution < 1.29 is 13.2 Å². The Morgan fingerprint density at radius 3 is 2.44 bits per heavy atom. The topological polar surface area (TPSA) is 101 Å². The van der Waals surface area contributed by atoms with Crippen molar-refractivity contribution in [3.05, 3.63) is 35.4 Å². The molecule has 1 aromatic carbocycles. The number of anilines is 1. The van der Waals surface area contributed by atoms with Crippen molar-refractivity contribution in [1.29, 1.82) is 0 Å². The summed E-state index contributed by atoms with van der Waals surface area (Å²) in [5.41, 5.74) is 1.35. The Balaban J connectivity index is 1.67. The number of hydrogen-bond donors (Lipinski definition) is 2. The van der Waals surface area contributed by atoms with E-state index in [1.807, 2.05) is 19.1 Å². The molecule has 0 bridgehead atoms. The summed E-state index contributed by atoms with van der Waals surface area (Å²) in [6, 6.07) is 7.10. The maximum Gasteiger partial charge on any atom is 0.270 e. The highest BCUT2D eigenvalue weighted by molar-refractivity contribution is 7.91. The third-order valence-corrected chi connectivity index (χ3v) is 7.40. The smallest absolute Gasteiger partial charge is 0.270 e. The molecule has 1 aliphatic rings. The first-order chi connectivity index (χ1) is 13.0. The number of carbonyl (C=O) groups excluding carboxylic acids is 1. The molecule has 0 radical (unpaired) electrons. The molecule has 1 fully saturated rings. The van der Waals surface area contributed by atoms with Gasteiger partial charge in [0, 0.05) is 11.6 Å². The second-order valence-corrected chi connectivity index (χ2v) is 9.67. The minimum atomic E-state index is -3.73. The average molecular weight is 409 g/mol. The molecule has 146 valence electrons. The number of amides is 1. The molecule has 7 nitrogen and oxygen atoms in total. The standard InChI is InChI=1S/C18H24N4O3S2/c1-13-9-7-8-12-15(13)16(23)19-17-20-21-18(26-17)27(24,25)22-14-10-5-3-2-4-6-11-14/h7-9,12,14,22H,2-6,10-11H2,1H3,(H,19,20,23). The Bertz CT molecular complexity index is 888. The van der Waals surface area contributed by atoms with Crippen molar-refractivity contribution >= 4 is 32.4 Å². The summed E-state index contributed by atoms with van der Waals surface area (Å²) in [7, 11) is -3.73. The van der Waals surface area contributed by atoms with Gasteiger partial charge in [-0.15, -0.1) is 10.2 Å². The minimum absolute atomic E-state index is 0.0655. The van der Waals surface area contributed by atoms with E-state index in [-0.39, 0.29) is 21.4 Å². The molecule has 1 heterocycles. The van der Waals surface area contributed by atoms with Crippen LogP contribution in [0.25, 0.3) is 0 Å². The van der Waals surface area contributed by atoms with E-state index < -0.39 is 10.0 Å². The maximum atomic E-state index is 12.6. The van der Waals surface area contributed by atoms with Crippen LogP contribution in [0, 0.1) is 6.92 Å². The normalized spacial score (nSPS) is 16.5. The first-order valence-electron chi connectivity index (χ1n) is 9.18. The Hall–Kier alpha value is -1.84. The molecule has 1 amide bonds. The van der Waals surface area contributed by atoms with Crippen LogP contribution in [-0.4, -0.2) is 30.6 Å². The SMILES string of the molecule is Cc1ccccc1C(=O)Nc1nnc(S(=O)(=O)NC2CCCCCCC2)s1. The van der Waals surface area contributed by atoms with Crippen molar-refractivity contribution in [2.75, 3.05) is 5.32 Å². The molecule has 2 aromatic rings. The van der Waals surface area contributed by atoms with Crippen LogP contribution in [0.3, 0.4) is 0 Å². The van der Waals surface area contributed by atoms with E-state index in [2.05, 4.69) is 20.2 Å². The molecule has 0 spiro atoms. The van der Waals surface area contributed by atoms with Crippen LogP contribution in [0.4, 0.5) is 5.13 Å². The Labute approximate surface area is 163 Å². The van der Waals surface area contributed by atoms with Gasteiger partial charge in [0.05, 0.1) is 0 Å². The Kier molecular flexibility index (Phi) is 6.56. The maximum absolute atomic E-state index is 12.6. The summed E-state index contributed by atoms with van der Waals surface area (Å²) in [6.45, 7) is 1.84. The fraction of sp³-hybridized carbons (Fsp3) is 0.500. The molecule has 0 atom stereocenters. The second-order valence-electron chi connectivity index (χ2n) is 6.81. The Morgan fingerprint density at radius 1 is 1.07 bits per heavy atom. The third kappa shape index (κ3) is 5.33. The summed E-state index contributed by atoms with van der Waals surface area (Å²) in [5, 5.41) is 10.4. The molecule has 0 saturated heterocycles. The van der Waals surface area contributed by atoms with Crippen LogP contribution in [0.2, 0.25) is 0 Å². The van der Waals surface area contributed by atoms with Crippen LogP contribution >= 0.6 is 11.3 Å². The molecule has 1 saturated carbocycles. The van der Waals surface area contributed by atoms with E-state index in [1.165, 1.54) is 6.42 Å². The van der Waals surface area contributed by atoms with Gasteiger partial charge in [0.1, 0.15) is 0 Å². The lowest BCUT2D eigenvalue weighted by atomic mass is 9.97. The summed E-state index contributed by atoms with van der Waals surface area (Å²) in [6.07, 6.45) is 7.25. The predicted octanol–water partition coefficient (Wildman–Crippen LogP) is 3.49. The zero-order valence-corrected chi connectivity index (χ0v) is 16.9. The van der Waals surface area contributed by atoms with E-state index >= 15 is 0 Å². The van der Waals surface area contributed by atoms with E-state index in [1.54, 1.807) is 12.1 Å². The number of aromatic nitrogens is 2. The lowest BCUT2D eigenvalue weighted by Crippen LogP contribution is -2.35. The van der Waals surface area contributed by atoms with Crippen LogP contribution in [0.5, 0.6) is 0 Å². The number of carbonyl (C=O) groups is 1. The zero-order chi connectivity index (χ0) is 19.3. The first kappa shape index (κ1) is 19.9. The number of nitrogens with zero attached hydrogens (tertiary/aromatic N) is 2. The highest BCUT2D eigenvalue weighted by atomic mass is 32.2. The highest BCUT2D eigenvalue weighted by Gasteiger charge is 2.25. The highest BCUT2D eigenvalue weighted by Crippen LogP contribution is 2.23. The largest absolute Gasteiger partial charge is 0.296 e. The van der Waals surface area contributed by atoms with Crippen molar-refractivity contribution in [2.24, 2.45) is 0 Å². The molecular formula is C18H24N4O3S2. The first-order valence-corrected chi connectivity index (χ1v) is 11.5. The Morgan fingerprint density at radius 2 is 1.74 bits per heavy atom. The van der Waals surface area contributed by atoms with E-state index in [0.29, 0.717) is 5.56 Å². The fourth-order valence-corrected chi connectivity index (χ4v) is 5.42. The molecule has 1 aliphatic carbocycles. The van der Waals surface area contributed by atoms with Gasteiger partial charge >= 0.3 is 0 Å². The van der Waals surface area contributed by atoms with Crippen molar-refractivity contribution in [2.45, 2.75) is 62.3 Å². The van der Waals surface area contributed by atoms with E-state index in [0.717, 1.165) is 55.4 Å². The van der Waals surface area contributed by atoms with E-state index in [4.69, 9.17) is 0 Å². The van der Waals surface area contributed by atoms with Crippen molar-refractivity contribution in [1.82, 2.24) is 14.9 Å². The van der Waals surface area contributed by atoms with Gasteiger partial charge in [0.2, 0.25) is 9.47 Å². The van der Waals surface area contributed by atoms with Crippen LogP contribution in [0.1, 0.15) is 60.9 Å². The van der Waals surface area contributed by atoms with E-state index in [9.17, 15) is 13.2 Å². The molecule has 0 unspecified atom stereocenters. The quantitative estimate of drug-likeness (QED) is 0.738. The summed E-state index contributed by atoms with van der Waals surface area (Å²) < 4.78 is 27.8. The fourth-order valence-electron chi connectivity index (χ4n) is 3.20. The molecular weight excluding hydrogens is 384 g/mol. The second kappa shape index (κ2) is 8.90. The van der Waals surface area contributed by atoms with Gasteiger partial charge in [0.25, 0.3) is 15.9 Å².